The molecule has 0 aliphatic heterocycles. The average Bonchev–Trinajstić information content (AvgIpc) is 3.13. The van der Waals surface area contributed by atoms with Gasteiger partial charge in [-0.3, -0.25) is 0 Å². The number of guanidine groups is 1. The molecule has 29 heavy (non-hydrogen) atoms. The van der Waals surface area contributed by atoms with Crippen LogP contribution in [0.1, 0.15) is 48.5 Å². The van der Waals surface area contributed by atoms with Gasteiger partial charge in [-0.15, -0.1) is 35.3 Å². The molecule has 2 aromatic rings. The molecule has 1 heterocycles. The number of nitrogens with zero attached hydrogens (tertiary/aromatic N) is 2. The van der Waals surface area contributed by atoms with Gasteiger partial charge in [0.2, 0.25) is 10.0 Å². The van der Waals surface area contributed by atoms with E-state index >= 15 is 0 Å². The molecular formula is C19H30IN5O2S2. The van der Waals surface area contributed by atoms with Gasteiger partial charge in [0.25, 0.3) is 0 Å². The molecule has 0 unspecified atom stereocenters. The van der Waals surface area contributed by atoms with E-state index in [9.17, 15) is 8.42 Å². The first kappa shape index (κ1) is 25.8. The molecular weight excluding hydrogens is 521 g/mol. The molecule has 3 N–H and O–H groups in total. The zero-order valence-electron chi connectivity index (χ0n) is 17.2. The highest BCUT2D eigenvalue weighted by Gasteiger charge is 2.09. The number of nitrogens with one attached hydrogen (secondary N) is 3. The van der Waals surface area contributed by atoms with Crippen molar-refractivity contribution in [3.05, 3.63) is 51.5 Å². The summed E-state index contributed by atoms with van der Waals surface area (Å²) in [6.07, 6.45) is 0. The summed E-state index contributed by atoms with van der Waals surface area (Å²) in [6, 6.07) is 7.48. The van der Waals surface area contributed by atoms with Gasteiger partial charge in [-0.25, -0.2) is 23.1 Å². The number of thiazole rings is 1. The fraction of sp³-hybridized carbons (Fsp3) is 0.474. The van der Waals surface area contributed by atoms with Crippen LogP contribution < -0.4 is 15.4 Å². The minimum absolute atomic E-state index is 0. The van der Waals surface area contributed by atoms with Gasteiger partial charge in [-0.1, -0.05) is 38.1 Å². The van der Waals surface area contributed by atoms with Gasteiger partial charge < -0.3 is 10.6 Å². The van der Waals surface area contributed by atoms with Crippen LogP contribution in [0.5, 0.6) is 0 Å². The summed E-state index contributed by atoms with van der Waals surface area (Å²) >= 11 is 1.64. The van der Waals surface area contributed by atoms with Crippen LogP contribution >= 0.6 is 35.3 Å². The third-order valence-electron chi connectivity index (χ3n) is 3.99. The molecule has 0 spiro atoms. The first-order valence-electron chi connectivity index (χ1n) is 9.28. The zero-order valence-corrected chi connectivity index (χ0v) is 21.2. The van der Waals surface area contributed by atoms with Crippen LogP contribution in [-0.4, -0.2) is 33.0 Å². The number of rotatable bonds is 9. The summed E-state index contributed by atoms with van der Waals surface area (Å²) in [5.74, 6) is 1.09. The summed E-state index contributed by atoms with van der Waals surface area (Å²) in [5, 5.41) is 9.64. The Balaban J connectivity index is 0.00000420. The van der Waals surface area contributed by atoms with Crippen LogP contribution in [0.3, 0.4) is 0 Å². The van der Waals surface area contributed by atoms with Crippen LogP contribution in [0, 0.1) is 0 Å². The van der Waals surface area contributed by atoms with Gasteiger partial charge in [0.15, 0.2) is 5.96 Å². The molecule has 0 saturated carbocycles. The first-order chi connectivity index (χ1) is 13.3. The van der Waals surface area contributed by atoms with Crippen LogP contribution in [0.4, 0.5) is 0 Å². The molecule has 162 valence electrons. The number of sulfonamides is 1. The fourth-order valence-corrected chi connectivity index (χ4v) is 4.11. The Labute approximate surface area is 194 Å². The van der Waals surface area contributed by atoms with Crippen molar-refractivity contribution in [3.63, 3.8) is 0 Å². The molecule has 0 aliphatic carbocycles. The summed E-state index contributed by atoms with van der Waals surface area (Å²) in [6.45, 7) is 8.10. The lowest BCUT2D eigenvalue weighted by molar-refractivity contribution is 0.587. The highest BCUT2D eigenvalue weighted by molar-refractivity contribution is 14.0. The molecule has 1 aromatic heterocycles. The van der Waals surface area contributed by atoms with E-state index in [1.165, 1.54) is 7.05 Å². The monoisotopic (exact) mass is 551 g/mol. The average molecular weight is 552 g/mol. The summed E-state index contributed by atoms with van der Waals surface area (Å²) < 4.78 is 25.8. The molecule has 7 nitrogen and oxygen atoms in total. The number of benzene rings is 1. The van der Waals surface area contributed by atoms with Gasteiger partial charge in [0, 0.05) is 11.9 Å². The van der Waals surface area contributed by atoms with E-state index in [1.807, 2.05) is 25.1 Å². The van der Waals surface area contributed by atoms with Crippen molar-refractivity contribution >= 4 is 51.3 Å². The van der Waals surface area contributed by atoms with Crippen LogP contribution in [-0.2, 0) is 28.9 Å². The number of hydrogen-bond acceptors (Lipinski definition) is 5. The van der Waals surface area contributed by atoms with Gasteiger partial charge in [-0.2, -0.15) is 0 Å². The van der Waals surface area contributed by atoms with Gasteiger partial charge in [0.05, 0.1) is 24.5 Å². The zero-order chi connectivity index (χ0) is 20.6. The molecule has 0 fully saturated rings. The van der Waals surface area contributed by atoms with Crippen molar-refractivity contribution in [2.75, 3.05) is 13.6 Å². The molecule has 0 radical (unpaired) electrons. The Kier molecular flexibility index (Phi) is 11.1. The molecule has 2 rings (SSSR count). The summed E-state index contributed by atoms with van der Waals surface area (Å²) in [4.78, 5) is 9.23. The quantitative estimate of drug-likeness (QED) is 0.253. The molecule has 0 saturated heterocycles. The molecule has 0 atom stereocenters. The van der Waals surface area contributed by atoms with Crippen molar-refractivity contribution in [1.82, 2.24) is 20.3 Å². The van der Waals surface area contributed by atoms with E-state index in [4.69, 9.17) is 0 Å². The standard InChI is InChI=1S/C19H29N5O2S2.HI/c1-5-21-19(23-11-18-24-17(12-27-18)14(2)3)22-10-15-7-6-8-16(9-15)13-28(25,26)20-4;/h6-9,12,14,20H,5,10-11,13H2,1-4H3,(H2,21,22,23);1H. The fourth-order valence-electron chi connectivity index (χ4n) is 2.45. The van der Waals surface area contributed by atoms with Crippen molar-refractivity contribution in [1.29, 1.82) is 0 Å². The second-order valence-electron chi connectivity index (χ2n) is 6.65. The number of hydrogen-bond donors (Lipinski definition) is 3. The largest absolute Gasteiger partial charge is 0.357 e. The topological polar surface area (TPSA) is 95.5 Å². The lowest BCUT2D eigenvalue weighted by Gasteiger charge is -2.10. The second kappa shape index (κ2) is 12.5. The third-order valence-corrected chi connectivity index (χ3v) is 6.19. The maximum absolute atomic E-state index is 11.7. The Morgan fingerprint density at radius 2 is 1.97 bits per heavy atom. The number of aliphatic imine (C=N–C) groups is 1. The Hall–Kier alpha value is -1.24. The van der Waals surface area contributed by atoms with Crippen LogP contribution in [0.25, 0.3) is 0 Å². The second-order valence-corrected chi connectivity index (χ2v) is 9.52. The van der Waals surface area contributed by atoms with Crippen molar-refractivity contribution in [3.8, 4) is 0 Å². The Bertz CT molecular complexity index is 898. The number of halogens is 1. The lowest BCUT2D eigenvalue weighted by atomic mass is 10.1. The number of aromatic nitrogens is 1. The highest BCUT2D eigenvalue weighted by atomic mass is 127. The van der Waals surface area contributed by atoms with Crippen LogP contribution in [0.15, 0.2) is 34.6 Å². The van der Waals surface area contributed by atoms with E-state index in [0.717, 1.165) is 28.4 Å². The van der Waals surface area contributed by atoms with E-state index in [1.54, 1.807) is 17.4 Å². The molecule has 0 amide bonds. The summed E-state index contributed by atoms with van der Waals surface area (Å²) in [5.41, 5.74) is 2.80. The van der Waals surface area contributed by atoms with E-state index < -0.39 is 10.0 Å². The van der Waals surface area contributed by atoms with Crippen molar-refractivity contribution in [2.45, 2.75) is 45.5 Å². The highest BCUT2D eigenvalue weighted by Crippen LogP contribution is 2.17. The van der Waals surface area contributed by atoms with Crippen molar-refractivity contribution in [2.24, 2.45) is 4.99 Å². The normalized spacial score (nSPS) is 12.0. The molecule has 0 bridgehead atoms. The van der Waals surface area contributed by atoms with Gasteiger partial charge >= 0.3 is 0 Å². The maximum atomic E-state index is 11.7. The molecule has 0 aliphatic rings. The maximum Gasteiger partial charge on any atom is 0.215 e. The molecule has 1 aromatic carbocycles. The van der Waals surface area contributed by atoms with Crippen molar-refractivity contribution < 1.29 is 8.42 Å². The smallest absolute Gasteiger partial charge is 0.215 e. The van der Waals surface area contributed by atoms with Crippen LogP contribution in [0.2, 0.25) is 0 Å². The lowest BCUT2D eigenvalue weighted by Crippen LogP contribution is -2.36. The SMILES string of the molecule is CCNC(=NCc1cccc(CS(=O)(=O)NC)c1)NCc1nc(C(C)C)cs1.I. The van der Waals surface area contributed by atoms with Gasteiger partial charge in [-0.05, 0) is 31.0 Å². The summed E-state index contributed by atoms with van der Waals surface area (Å²) in [7, 11) is -1.87. The van der Waals surface area contributed by atoms with E-state index in [2.05, 4.69) is 44.6 Å². The predicted molar refractivity (Wildman–Crippen MR) is 131 cm³/mol. The first-order valence-corrected chi connectivity index (χ1v) is 11.8. The minimum atomic E-state index is -3.29. The van der Waals surface area contributed by atoms with E-state index in [-0.39, 0.29) is 29.7 Å². The predicted octanol–water partition coefficient (Wildman–Crippen LogP) is 3.19. The van der Waals surface area contributed by atoms with Gasteiger partial charge in [0.1, 0.15) is 5.01 Å². The Morgan fingerprint density at radius 3 is 2.59 bits per heavy atom. The minimum Gasteiger partial charge on any atom is -0.357 e. The molecule has 10 heteroatoms. The van der Waals surface area contributed by atoms with E-state index in [0.29, 0.717) is 25.0 Å². The Morgan fingerprint density at radius 1 is 1.24 bits per heavy atom. The third kappa shape index (κ3) is 8.97.